The molecule has 0 radical (unpaired) electrons. The Morgan fingerprint density at radius 2 is 1.93 bits per heavy atom. The maximum atomic E-state index is 11.8. The number of halogens is 3. The number of carbonyl (C=O) groups excluding carboxylic acids is 1. The molecule has 3 nitrogen and oxygen atoms in total. The Hall–Kier alpha value is -0.780. The van der Waals surface area contributed by atoms with Crippen LogP contribution >= 0.6 is 0 Å². The number of methoxy groups -OCH3 is 1. The van der Waals surface area contributed by atoms with Crippen LogP contribution in [-0.2, 0) is 9.53 Å². The lowest BCUT2D eigenvalue weighted by Crippen LogP contribution is -2.45. The first-order valence-electron chi connectivity index (χ1n) is 4.16. The maximum Gasteiger partial charge on any atom is 0.401 e. The molecule has 0 aromatic rings. The van der Waals surface area contributed by atoms with E-state index in [2.05, 4.69) is 10.1 Å². The van der Waals surface area contributed by atoms with Gasteiger partial charge >= 0.3 is 12.1 Å². The molecule has 1 atom stereocenters. The van der Waals surface area contributed by atoms with Crippen molar-refractivity contribution >= 4 is 5.97 Å². The van der Waals surface area contributed by atoms with Crippen LogP contribution in [0.25, 0.3) is 0 Å². The van der Waals surface area contributed by atoms with E-state index in [4.69, 9.17) is 0 Å². The van der Waals surface area contributed by atoms with Gasteiger partial charge in [-0.05, 0) is 5.92 Å². The number of esters is 1. The monoisotopic (exact) mass is 213 g/mol. The normalized spacial score (nSPS) is 14.2. The lowest BCUT2D eigenvalue weighted by molar-refractivity contribution is -0.148. The van der Waals surface area contributed by atoms with Crippen LogP contribution in [0, 0.1) is 5.92 Å². The molecule has 0 saturated heterocycles. The van der Waals surface area contributed by atoms with Gasteiger partial charge in [0, 0.05) is 0 Å². The standard InChI is InChI=1S/C8H14F3NO2/c1-5(2)6(7(13)14-3)12-4-8(9,10)11/h5-6,12H,4H2,1-3H3/t6-/m0/s1. The largest absolute Gasteiger partial charge is 0.468 e. The van der Waals surface area contributed by atoms with Crippen LogP contribution in [0.3, 0.4) is 0 Å². The zero-order chi connectivity index (χ0) is 11.4. The fourth-order valence-electron chi connectivity index (χ4n) is 0.944. The van der Waals surface area contributed by atoms with Crippen LogP contribution in [-0.4, -0.2) is 31.8 Å². The smallest absolute Gasteiger partial charge is 0.401 e. The molecule has 0 fully saturated rings. The van der Waals surface area contributed by atoms with Crippen molar-refractivity contribution in [1.82, 2.24) is 5.32 Å². The summed E-state index contributed by atoms with van der Waals surface area (Å²) in [5.74, 6) is -0.922. The van der Waals surface area contributed by atoms with Gasteiger partial charge in [-0.3, -0.25) is 10.1 Å². The molecule has 1 N–H and O–H groups in total. The summed E-state index contributed by atoms with van der Waals surface area (Å²) in [7, 11) is 1.15. The van der Waals surface area contributed by atoms with Crippen LogP contribution in [0.2, 0.25) is 0 Å². The third kappa shape index (κ3) is 5.06. The van der Waals surface area contributed by atoms with Crippen molar-refractivity contribution in [1.29, 1.82) is 0 Å². The molecular weight excluding hydrogens is 199 g/mol. The molecule has 14 heavy (non-hydrogen) atoms. The predicted octanol–water partition coefficient (Wildman–Crippen LogP) is 1.34. The number of hydrogen-bond donors (Lipinski definition) is 1. The zero-order valence-electron chi connectivity index (χ0n) is 8.31. The fraction of sp³-hybridized carbons (Fsp3) is 0.875. The summed E-state index contributed by atoms with van der Waals surface area (Å²) >= 11 is 0. The van der Waals surface area contributed by atoms with E-state index in [9.17, 15) is 18.0 Å². The van der Waals surface area contributed by atoms with Gasteiger partial charge in [0.1, 0.15) is 6.04 Å². The van der Waals surface area contributed by atoms with Crippen LogP contribution < -0.4 is 5.32 Å². The topological polar surface area (TPSA) is 38.3 Å². The molecule has 0 aliphatic carbocycles. The molecule has 0 unspecified atom stereocenters. The molecule has 84 valence electrons. The highest BCUT2D eigenvalue weighted by Crippen LogP contribution is 2.14. The number of alkyl halides is 3. The summed E-state index contributed by atoms with van der Waals surface area (Å²) in [6.07, 6.45) is -4.32. The summed E-state index contributed by atoms with van der Waals surface area (Å²) < 4.78 is 39.9. The highest BCUT2D eigenvalue weighted by Gasteiger charge is 2.31. The summed E-state index contributed by atoms with van der Waals surface area (Å²) in [5, 5.41) is 2.11. The first-order valence-corrected chi connectivity index (χ1v) is 4.16. The fourth-order valence-corrected chi connectivity index (χ4v) is 0.944. The van der Waals surface area contributed by atoms with Crippen molar-refractivity contribution in [2.75, 3.05) is 13.7 Å². The SMILES string of the molecule is COC(=O)[C@@H](NCC(F)(F)F)C(C)C. The second kappa shape index (κ2) is 5.19. The Morgan fingerprint density at radius 1 is 1.43 bits per heavy atom. The molecule has 0 aliphatic rings. The first kappa shape index (κ1) is 13.2. The molecule has 0 bridgehead atoms. The molecule has 0 saturated carbocycles. The summed E-state index contributed by atoms with van der Waals surface area (Å²) in [6, 6.07) is -0.915. The van der Waals surface area contributed by atoms with Crippen LogP contribution in [0.5, 0.6) is 0 Å². The Balaban J connectivity index is 4.18. The average Bonchev–Trinajstić information content (AvgIpc) is 2.01. The first-order chi connectivity index (χ1) is 6.28. The van der Waals surface area contributed by atoms with E-state index in [-0.39, 0.29) is 5.92 Å². The Labute approximate surface area is 80.6 Å². The van der Waals surface area contributed by atoms with E-state index in [0.717, 1.165) is 7.11 Å². The Kier molecular flexibility index (Phi) is 4.90. The van der Waals surface area contributed by atoms with Gasteiger partial charge in [0.2, 0.25) is 0 Å². The zero-order valence-corrected chi connectivity index (χ0v) is 8.31. The van der Waals surface area contributed by atoms with Crippen molar-refractivity contribution in [2.24, 2.45) is 5.92 Å². The Morgan fingerprint density at radius 3 is 2.21 bits per heavy atom. The average molecular weight is 213 g/mol. The van der Waals surface area contributed by atoms with Gasteiger partial charge < -0.3 is 4.74 Å². The molecule has 0 aromatic heterocycles. The van der Waals surface area contributed by atoms with E-state index in [0.29, 0.717) is 0 Å². The number of carbonyl (C=O) groups is 1. The second-order valence-electron chi connectivity index (χ2n) is 3.24. The maximum absolute atomic E-state index is 11.8. The van der Waals surface area contributed by atoms with Gasteiger partial charge in [-0.2, -0.15) is 13.2 Å². The molecule has 0 heterocycles. The van der Waals surface area contributed by atoms with Gasteiger partial charge in [-0.25, -0.2) is 0 Å². The van der Waals surface area contributed by atoms with Gasteiger partial charge in [0.25, 0.3) is 0 Å². The molecule has 0 aromatic carbocycles. The second-order valence-corrected chi connectivity index (χ2v) is 3.24. The lowest BCUT2D eigenvalue weighted by atomic mass is 10.1. The van der Waals surface area contributed by atoms with Crippen molar-refractivity contribution in [3.05, 3.63) is 0 Å². The van der Waals surface area contributed by atoms with Crippen molar-refractivity contribution in [3.63, 3.8) is 0 Å². The van der Waals surface area contributed by atoms with Crippen LogP contribution in [0.15, 0.2) is 0 Å². The highest BCUT2D eigenvalue weighted by atomic mass is 19.4. The van der Waals surface area contributed by atoms with E-state index in [1.807, 2.05) is 0 Å². The molecule has 6 heteroatoms. The number of ether oxygens (including phenoxy) is 1. The molecule has 0 amide bonds. The van der Waals surface area contributed by atoms with Crippen LogP contribution in [0.4, 0.5) is 13.2 Å². The summed E-state index contributed by atoms with van der Waals surface area (Å²) in [4.78, 5) is 11.0. The number of nitrogens with one attached hydrogen (secondary N) is 1. The number of hydrogen-bond acceptors (Lipinski definition) is 3. The minimum atomic E-state index is -4.32. The predicted molar refractivity (Wildman–Crippen MR) is 44.7 cm³/mol. The third-order valence-corrected chi connectivity index (χ3v) is 1.64. The summed E-state index contributed by atoms with van der Waals surface area (Å²) in [6.45, 7) is 2.10. The lowest BCUT2D eigenvalue weighted by Gasteiger charge is -2.20. The molecule has 0 spiro atoms. The Bertz CT molecular complexity index is 192. The van der Waals surface area contributed by atoms with Gasteiger partial charge in [0.15, 0.2) is 0 Å². The van der Waals surface area contributed by atoms with Crippen molar-refractivity contribution in [2.45, 2.75) is 26.1 Å². The molecule has 0 aliphatic heterocycles. The third-order valence-electron chi connectivity index (χ3n) is 1.64. The van der Waals surface area contributed by atoms with Gasteiger partial charge in [0.05, 0.1) is 13.7 Å². The van der Waals surface area contributed by atoms with Crippen molar-refractivity contribution in [3.8, 4) is 0 Å². The van der Waals surface area contributed by atoms with Gasteiger partial charge in [-0.1, -0.05) is 13.8 Å². The van der Waals surface area contributed by atoms with E-state index < -0.39 is 24.7 Å². The van der Waals surface area contributed by atoms with Crippen molar-refractivity contribution < 1.29 is 22.7 Å². The van der Waals surface area contributed by atoms with E-state index in [1.54, 1.807) is 13.8 Å². The highest BCUT2D eigenvalue weighted by molar-refractivity contribution is 5.75. The quantitative estimate of drug-likeness (QED) is 0.716. The minimum absolute atomic E-state index is 0.246. The number of rotatable bonds is 4. The van der Waals surface area contributed by atoms with E-state index >= 15 is 0 Å². The van der Waals surface area contributed by atoms with Crippen LogP contribution in [0.1, 0.15) is 13.8 Å². The molecule has 0 rings (SSSR count). The molecular formula is C8H14F3NO2. The van der Waals surface area contributed by atoms with E-state index in [1.165, 1.54) is 0 Å². The summed E-state index contributed by atoms with van der Waals surface area (Å²) in [5.41, 5.74) is 0. The minimum Gasteiger partial charge on any atom is -0.468 e. The van der Waals surface area contributed by atoms with Gasteiger partial charge in [-0.15, -0.1) is 0 Å².